The number of nitrogens with zero attached hydrogens (tertiary/aromatic N) is 4. The van der Waals surface area contributed by atoms with E-state index in [4.69, 9.17) is 4.98 Å². The fourth-order valence-corrected chi connectivity index (χ4v) is 5.26. The normalized spacial score (nSPS) is 14.3. The number of aromatic amines is 2. The second-order valence-electron chi connectivity index (χ2n) is 11.4. The molecule has 8 heteroatoms. The molecule has 1 aliphatic heterocycles. The topological polar surface area (TPSA) is 103 Å². The van der Waals surface area contributed by atoms with E-state index in [1.165, 1.54) is 30.3 Å². The van der Waals surface area contributed by atoms with Crippen LogP contribution in [0.3, 0.4) is 0 Å². The van der Waals surface area contributed by atoms with E-state index in [0.29, 0.717) is 12.1 Å². The van der Waals surface area contributed by atoms with Crippen molar-refractivity contribution in [1.82, 2.24) is 25.1 Å². The number of carbonyl (C=O) groups excluding carboxylic acids is 1. The van der Waals surface area contributed by atoms with Gasteiger partial charge in [0, 0.05) is 47.9 Å². The molecule has 1 amide bonds. The largest absolute Gasteiger partial charge is 0.371 e. The number of H-pyrrole nitrogens is 2. The van der Waals surface area contributed by atoms with Crippen LogP contribution in [0.2, 0.25) is 0 Å². The number of hydrogen-bond acceptors (Lipinski definition) is 5. The van der Waals surface area contributed by atoms with Crippen LogP contribution in [0.15, 0.2) is 54.9 Å². The third kappa shape index (κ3) is 4.86. The molecule has 1 aromatic carbocycles. The molecule has 0 aliphatic carbocycles. The molecule has 38 heavy (non-hydrogen) atoms. The fraction of sp³-hybridized carbons (Fsp3) is 0.333. The summed E-state index contributed by atoms with van der Waals surface area (Å²) in [5.41, 5.74) is 7.90. The number of anilines is 2. The van der Waals surface area contributed by atoms with E-state index < -0.39 is 0 Å². The molecule has 6 rings (SSSR count). The molecule has 8 nitrogen and oxygen atoms in total. The first kappa shape index (κ1) is 24.2. The number of pyridine rings is 2. The van der Waals surface area contributed by atoms with Crippen molar-refractivity contribution >= 4 is 39.2 Å². The summed E-state index contributed by atoms with van der Waals surface area (Å²) in [6.45, 7) is 8.33. The zero-order valence-corrected chi connectivity index (χ0v) is 22.1. The van der Waals surface area contributed by atoms with Crippen LogP contribution in [0, 0.1) is 5.41 Å². The lowest BCUT2D eigenvalue weighted by Gasteiger charge is -2.29. The summed E-state index contributed by atoms with van der Waals surface area (Å²) >= 11 is 0. The van der Waals surface area contributed by atoms with Crippen LogP contribution in [0.25, 0.3) is 44.6 Å². The van der Waals surface area contributed by atoms with Crippen LogP contribution < -0.4 is 10.2 Å². The molecular weight excluding hydrogens is 474 g/mol. The predicted molar refractivity (Wildman–Crippen MR) is 153 cm³/mol. The first-order valence-corrected chi connectivity index (χ1v) is 13.3. The minimum Gasteiger partial charge on any atom is -0.371 e. The van der Waals surface area contributed by atoms with Crippen molar-refractivity contribution in [3.8, 4) is 22.6 Å². The first-order valence-electron chi connectivity index (χ1n) is 13.3. The maximum absolute atomic E-state index is 12.4. The van der Waals surface area contributed by atoms with Crippen molar-refractivity contribution in [2.24, 2.45) is 5.41 Å². The van der Waals surface area contributed by atoms with Gasteiger partial charge in [-0.3, -0.25) is 14.9 Å². The van der Waals surface area contributed by atoms with Gasteiger partial charge in [0.1, 0.15) is 11.2 Å². The monoisotopic (exact) mass is 507 g/mol. The Balaban J connectivity index is 1.33. The Morgan fingerprint density at radius 3 is 2.68 bits per heavy atom. The lowest BCUT2D eigenvalue weighted by Crippen LogP contribution is -2.29. The van der Waals surface area contributed by atoms with Crippen molar-refractivity contribution in [3.63, 3.8) is 0 Å². The second-order valence-corrected chi connectivity index (χ2v) is 11.4. The lowest BCUT2D eigenvalue weighted by molar-refractivity contribution is -0.117. The third-order valence-electron chi connectivity index (χ3n) is 7.01. The van der Waals surface area contributed by atoms with Gasteiger partial charge in [0.2, 0.25) is 5.91 Å². The van der Waals surface area contributed by atoms with Crippen molar-refractivity contribution in [2.75, 3.05) is 23.3 Å². The number of piperidine rings is 1. The van der Waals surface area contributed by atoms with Crippen molar-refractivity contribution in [1.29, 1.82) is 0 Å². The van der Waals surface area contributed by atoms with Gasteiger partial charge in [-0.1, -0.05) is 26.8 Å². The molecule has 4 aromatic heterocycles. The Bertz CT molecular complexity index is 1620. The number of rotatable bonds is 5. The molecule has 1 saturated heterocycles. The highest BCUT2D eigenvalue weighted by Crippen LogP contribution is 2.34. The zero-order valence-electron chi connectivity index (χ0n) is 22.1. The maximum atomic E-state index is 12.4. The Hall–Kier alpha value is -4.20. The van der Waals surface area contributed by atoms with Gasteiger partial charge < -0.3 is 15.2 Å². The summed E-state index contributed by atoms with van der Waals surface area (Å²) in [4.78, 5) is 27.8. The van der Waals surface area contributed by atoms with E-state index >= 15 is 0 Å². The molecule has 1 aliphatic rings. The molecule has 0 radical (unpaired) electrons. The van der Waals surface area contributed by atoms with Gasteiger partial charge in [0.05, 0.1) is 28.8 Å². The molecule has 5 heterocycles. The Morgan fingerprint density at radius 1 is 1.03 bits per heavy atom. The summed E-state index contributed by atoms with van der Waals surface area (Å²) in [7, 11) is 0. The SMILES string of the molecule is CC(C)(C)CC(=O)Nc1cncc(-c2ccc3[nH]nc(-c4cc5c(N6CCCCC6)cccc5[nH]4)c3n2)c1. The number of carbonyl (C=O) groups is 1. The smallest absolute Gasteiger partial charge is 0.224 e. The zero-order chi connectivity index (χ0) is 26.3. The second kappa shape index (κ2) is 9.59. The van der Waals surface area contributed by atoms with E-state index in [0.717, 1.165) is 52.3 Å². The van der Waals surface area contributed by atoms with Crippen LogP contribution in [0.1, 0.15) is 46.5 Å². The first-order chi connectivity index (χ1) is 18.3. The Morgan fingerprint density at radius 2 is 1.87 bits per heavy atom. The van der Waals surface area contributed by atoms with Gasteiger partial charge in [-0.15, -0.1) is 0 Å². The summed E-state index contributed by atoms with van der Waals surface area (Å²) in [6, 6.07) is 14.5. The van der Waals surface area contributed by atoms with Crippen LogP contribution in [0.4, 0.5) is 11.4 Å². The minimum atomic E-state index is -0.0867. The van der Waals surface area contributed by atoms with Crippen LogP contribution in [-0.4, -0.2) is 44.1 Å². The Labute approximate surface area is 221 Å². The van der Waals surface area contributed by atoms with Gasteiger partial charge in [-0.05, 0) is 61.1 Å². The molecule has 0 unspecified atom stereocenters. The predicted octanol–water partition coefficient (Wildman–Crippen LogP) is 6.53. The van der Waals surface area contributed by atoms with E-state index in [2.05, 4.69) is 54.6 Å². The molecule has 1 fully saturated rings. The van der Waals surface area contributed by atoms with Crippen molar-refractivity contribution in [2.45, 2.75) is 46.5 Å². The summed E-state index contributed by atoms with van der Waals surface area (Å²) in [6.07, 6.45) is 7.64. The van der Waals surface area contributed by atoms with Gasteiger partial charge >= 0.3 is 0 Å². The van der Waals surface area contributed by atoms with Crippen LogP contribution in [0.5, 0.6) is 0 Å². The number of benzene rings is 1. The molecule has 5 aromatic rings. The van der Waals surface area contributed by atoms with Gasteiger partial charge in [-0.25, -0.2) is 4.98 Å². The molecule has 3 N–H and O–H groups in total. The Kier molecular flexibility index (Phi) is 6.10. The number of hydrogen-bond donors (Lipinski definition) is 3. The third-order valence-corrected chi connectivity index (χ3v) is 7.01. The average Bonchev–Trinajstić information content (AvgIpc) is 3.51. The standard InChI is InChI=1S/C30H33N7O/c1-30(2,3)16-27(38)32-20-14-19(17-31-18-20)22-10-11-24-28(34-22)29(36-35-24)25-15-21-23(33-25)8-7-9-26(21)37-12-5-4-6-13-37/h7-11,14-15,17-18,33H,4-6,12-13,16H2,1-3H3,(H,32,38)(H,35,36). The molecular formula is C30H33N7O. The van der Waals surface area contributed by atoms with Gasteiger partial charge in [-0.2, -0.15) is 5.10 Å². The quantitative estimate of drug-likeness (QED) is 0.251. The minimum absolute atomic E-state index is 0.0280. The molecule has 0 spiro atoms. The van der Waals surface area contributed by atoms with Gasteiger partial charge in [0.25, 0.3) is 0 Å². The molecule has 0 bridgehead atoms. The summed E-state index contributed by atoms with van der Waals surface area (Å²) < 4.78 is 0. The van der Waals surface area contributed by atoms with Gasteiger partial charge in [0.15, 0.2) is 0 Å². The lowest BCUT2D eigenvalue weighted by atomic mass is 9.92. The molecule has 0 atom stereocenters. The van der Waals surface area contributed by atoms with E-state index in [1.54, 1.807) is 12.4 Å². The summed E-state index contributed by atoms with van der Waals surface area (Å²) in [5, 5.41) is 11.9. The maximum Gasteiger partial charge on any atom is 0.224 e. The van der Waals surface area contributed by atoms with Crippen LogP contribution >= 0.6 is 0 Å². The average molecular weight is 508 g/mol. The number of fused-ring (bicyclic) bond motifs is 2. The van der Waals surface area contributed by atoms with E-state index in [9.17, 15) is 4.79 Å². The highest BCUT2D eigenvalue weighted by molar-refractivity contribution is 5.99. The highest BCUT2D eigenvalue weighted by Gasteiger charge is 2.19. The number of aromatic nitrogens is 5. The summed E-state index contributed by atoms with van der Waals surface area (Å²) in [5.74, 6) is -0.0280. The molecule has 0 saturated carbocycles. The highest BCUT2D eigenvalue weighted by atomic mass is 16.1. The van der Waals surface area contributed by atoms with E-state index in [-0.39, 0.29) is 11.3 Å². The van der Waals surface area contributed by atoms with E-state index in [1.807, 2.05) is 39.0 Å². The van der Waals surface area contributed by atoms with Crippen molar-refractivity contribution < 1.29 is 4.79 Å². The van der Waals surface area contributed by atoms with Crippen molar-refractivity contribution in [3.05, 3.63) is 54.9 Å². The molecule has 194 valence electrons. The number of nitrogens with one attached hydrogen (secondary N) is 3. The number of amides is 1. The van der Waals surface area contributed by atoms with Crippen LogP contribution in [-0.2, 0) is 4.79 Å². The fourth-order valence-electron chi connectivity index (χ4n) is 5.26.